The maximum Gasteiger partial charge on any atom is 0.335 e. The second-order valence-electron chi connectivity index (χ2n) is 6.59. The maximum atomic E-state index is 12.7. The van der Waals surface area contributed by atoms with Crippen LogP contribution in [0.2, 0.25) is 10.0 Å². The average molecular weight is 474 g/mol. The minimum atomic E-state index is -1.04. The molecule has 0 atom stereocenters. The second kappa shape index (κ2) is 8.63. The number of carboxylic acid groups (broad SMARTS) is 1. The molecule has 0 bridgehead atoms. The zero-order valence-electron chi connectivity index (χ0n) is 15.7. The Balaban J connectivity index is 1.55. The van der Waals surface area contributed by atoms with Gasteiger partial charge in [-0.2, -0.15) is 0 Å². The highest BCUT2D eigenvalue weighted by atomic mass is 35.5. The van der Waals surface area contributed by atoms with Crippen LogP contribution >= 0.6 is 35.0 Å². The first-order valence-corrected chi connectivity index (χ1v) is 10.5. The van der Waals surface area contributed by atoms with Gasteiger partial charge in [0.25, 0.3) is 11.1 Å². The number of halogens is 2. The van der Waals surface area contributed by atoms with Crippen molar-refractivity contribution in [3.05, 3.63) is 86.4 Å². The van der Waals surface area contributed by atoms with Crippen LogP contribution in [0.1, 0.15) is 21.7 Å². The van der Waals surface area contributed by atoms with Crippen molar-refractivity contribution in [2.24, 2.45) is 0 Å². The SMILES string of the molecule is O=C(O)c1cccc(-c2ccc(/C=C3/SC(=O)N(Cc4ccc(Cl)cc4Cl)C3=O)o2)c1. The summed E-state index contributed by atoms with van der Waals surface area (Å²) in [5, 5.41) is 9.55. The van der Waals surface area contributed by atoms with E-state index in [1.165, 1.54) is 18.2 Å². The fourth-order valence-corrected chi connectivity index (χ4v) is 4.26. The third-order valence-electron chi connectivity index (χ3n) is 4.51. The molecule has 1 N–H and O–H groups in total. The van der Waals surface area contributed by atoms with Gasteiger partial charge in [0, 0.05) is 21.7 Å². The van der Waals surface area contributed by atoms with Gasteiger partial charge in [-0.05, 0) is 53.7 Å². The lowest BCUT2D eigenvalue weighted by molar-refractivity contribution is -0.123. The molecule has 1 aromatic heterocycles. The van der Waals surface area contributed by atoms with E-state index in [4.69, 9.17) is 32.7 Å². The number of carbonyl (C=O) groups excluding carboxylic acids is 2. The molecule has 4 rings (SSSR count). The van der Waals surface area contributed by atoms with E-state index in [-0.39, 0.29) is 17.0 Å². The first kappa shape index (κ1) is 21.2. The Kier molecular flexibility index (Phi) is 5.91. The molecule has 9 heteroatoms. The molecule has 2 heterocycles. The largest absolute Gasteiger partial charge is 0.478 e. The van der Waals surface area contributed by atoms with Crippen molar-refractivity contribution in [1.82, 2.24) is 4.90 Å². The third-order valence-corrected chi connectivity index (χ3v) is 6.01. The molecule has 156 valence electrons. The van der Waals surface area contributed by atoms with Crippen molar-refractivity contribution in [2.45, 2.75) is 6.54 Å². The molecule has 1 aliphatic rings. The molecule has 0 radical (unpaired) electrons. The number of carboxylic acids is 1. The fourth-order valence-electron chi connectivity index (χ4n) is 2.98. The van der Waals surface area contributed by atoms with Crippen LogP contribution in [-0.2, 0) is 11.3 Å². The zero-order chi connectivity index (χ0) is 22.1. The third kappa shape index (κ3) is 4.54. The zero-order valence-corrected chi connectivity index (χ0v) is 18.0. The summed E-state index contributed by atoms with van der Waals surface area (Å²) >= 11 is 12.9. The van der Waals surface area contributed by atoms with Crippen LogP contribution in [0.5, 0.6) is 0 Å². The van der Waals surface area contributed by atoms with Crippen LogP contribution in [0.15, 0.2) is 63.9 Å². The van der Waals surface area contributed by atoms with Crippen molar-refractivity contribution in [3.8, 4) is 11.3 Å². The number of carbonyl (C=O) groups is 3. The summed E-state index contributed by atoms with van der Waals surface area (Å²) in [6, 6.07) is 14.5. The van der Waals surface area contributed by atoms with E-state index in [0.717, 1.165) is 16.7 Å². The van der Waals surface area contributed by atoms with Crippen LogP contribution in [0.4, 0.5) is 4.79 Å². The highest BCUT2D eigenvalue weighted by Gasteiger charge is 2.35. The van der Waals surface area contributed by atoms with E-state index >= 15 is 0 Å². The summed E-state index contributed by atoms with van der Waals surface area (Å²) in [6.07, 6.45) is 1.49. The molecule has 1 aliphatic heterocycles. The van der Waals surface area contributed by atoms with Gasteiger partial charge in [0.15, 0.2) is 0 Å². The molecule has 0 unspecified atom stereocenters. The molecule has 31 heavy (non-hydrogen) atoms. The first-order chi connectivity index (χ1) is 14.8. The average Bonchev–Trinajstić information content (AvgIpc) is 3.30. The number of rotatable bonds is 5. The van der Waals surface area contributed by atoms with Crippen molar-refractivity contribution < 1.29 is 23.9 Å². The predicted molar refractivity (Wildman–Crippen MR) is 119 cm³/mol. The Hall–Kier alpha value is -3.00. The van der Waals surface area contributed by atoms with Crippen molar-refractivity contribution in [2.75, 3.05) is 0 Å². The molecular weight excluding hydrogens is 461 g/mol. The molecule has 2 aromatic carbocycles. The first-order valence-electron chi connectivity index (χ1n) is 8.94. The Morgan fingerprint density at radius 1 is 1.10 bits per heavy atom. The highest BCUT2D eigenvalue weighted by Crippen LogP contribution is 2.35. The number of thioether (sulfide) groups is 1. The standard InChI is InChI=1S/C22H13Cl2NO5S/c23-15-5-4-14(17(24)9-15)11-25-20(26)19(31-22(25)29)10-16-6-7-18(30-16)12-2-1-3-13(8-12)21(27)28/h1-10H,11H2,(H,27,28)/b19-10+. The summed E-state index contributed by atoms with van der Waals surface area (Å²) in [7, 11) is 0. The van der Waals surface area contributed by atoms with E-state index in [2.05, 4.69) is 0 Å². The van der Waals surface area contributed by atoms with Crippen LogP contribution in [0, 0.1) is 0 Å². The van der Waals surface area contributed by atoms with E-state index in [9.17, 15) is 14.4 Å². The molecule has 2 amide bonds. The summed E-state index contributed by atoms with van der Waals surface area (Å²) in [5.74, 6) is -0.679. The van der Waals surface area contributed by atoms with Gasteiger partial charge in [0.05, 0.1) is 17.0 Å². The number of hydrogen-bond donors (Lipinski definition) is 1. The van der Waals surface area contributed by atoms with Crippen molar-refractivity contribution in [3.63, 3.8) is 0 Å². The Labute approximate surface area is 191 Å². The van der Waals surface area contributed by atoms with Gasteiger partial charge >= 0.3 is 5.97 Å². The smallest absolute Gasteiger partial charge is 0.335 e. The lowest BCUT2D eigenvalue weighted by Crippen LogP contribution is -2.27. The minimum Gasteiger partial charge on any atom is -0.478 e. The van der Waals surface area contributed by atoms with E-state index in [1.807, 2.05) is 0 Å². The van der Waals surface area contributed by atoms with Gasteiger partial charge in [0.1, 0.15) is 11.5 Å². The Bertz CT molecular complexity index is 1250. The summed E-state index contributed by atoms with van der Waals surface area (Å²) in [4.78, 5) is 37.6. The Morgan fingerprint density at radius 2 is 1.90 bits per heavy atom. The topological polar surface area (TPSA) is 87.8 Å². The lowest BCUT2D eigenvalue weighted by atomic mass is 10.1. The second-order valence-corrected chi connectivity index (χ2v) is 8.43. The van der Waals surface area contributed by atoms with E-state index < -0.39 is 17.1 Å². The quantitative estimate of drug-likeness (QED) is 0.444. The molecule has 3 aromatic rings. The van der Waals surface area contributed by atoms with Crippen LogP contribution in [0.25, 0.3) is 17.4 Å². The van der Waals surface area contributed by atoms with Gasteiger partial charge in [-0.15, -0.1) is 0 Å². The van der Waals surface area contributed by atoms with Crippen molar-refractivity contribution >= 4 is 58.2 Å². The van der Waals surface area contributed by atoms with Crippen LogP contribution < -0.4 is 0 Å². The number of amides is 2. The number of aromatic carboxylic acids is 1. The van der Waals surface area contributed by atoms with Crippen LogP contribution in [0.3, 0.4) is 0 Å². The summed E-state index contributed by atoms with van der Waals surface area (Å²) in [5.41, 5.74) is 1.33. The number of benzene rings is 2. The molecule has 0 spiro atoms. The Morgan fingerprint density at radius 3 is 2.65 bits per heavy atom. The molecule has 1 fully saturated rings. The van der Waals surface area contributed by atoms with Crippen LogP contribution in [-0.4, -0.2) is 27.1 Å². The van der Waals surface area contributed by atoms with Gasteiger partial charge < -0.3 is 9.52 Å². The summed E-state index contributed by atoms with van der Waals surface area (Å²) in [6.45, 7) is 0.0311. The van der Waals surface area contributed by atoms with Gasteiger partial charge in [-0.1, -0.05) is 41.4 Å². The number of imide groups is 1. The molecule has 0 aliphatic carbocycles. The van der Waals surface area contributed by atoms with Gasteiger partial charge in [-0.3, -0.25) is 14.5 Å². The number of nitrogens with zero attached hydrogens (tertiary/aromatic N) is 1. The molecule has 6 nitrogen and oxygen atoms in total. The fraction of sp³-hybridized carbons (Fsp3) is 0.0455. The molecule has 1 saturated heterocycles. The van der Waals surface area contributed by atoms with E-state index in [1.54, 1.807) is 42.5 Å². The normalized spacial score (nSPS) is 15.2. The summed E-state index contributed by atoms with van der Waals surface area (Å²) < 4.78 is 5.74. The number of furan rings is 1. The maximum absolute atomic E-state index is 12.7. The lowest BCUT2D eigenvalue weighted by Gasteiger charge is -2.13. The van der Waals surface area contributed by atoms with Crippen molar-refractivity contribution in [1.29, 1.82) is 0 Å². The molecular formula is C22H13Cl2NO5S. The number of hydrogen-bond acceptors (Lipinski definition) is 5. The molecule has 0 saturated carbocycles. The predicted octanol–water partition coefficient (Wildman–Crippen LogP) is 6.19. The minimum absolute atomic E-state index is 0.0311. The van der Waals surface area contributed by atoms with E-state index in [0.29, 0.717) is 32.7 Å². The van der Waals surface area contributed by atoms with Gasteiger partial charge in [0.2, 0.25) is 0 Å². The highest BCUT2D eigenvalue weighted by molar-refractivity contribution is 8.18. The van der Waals surface area contributed by atoms with Gasteiger partial charge in [-0.25, -0.2) is 4.79 Å². The monoisotopic (exact) mass is 473 g/mol.